The zero-order valence-corrected chi connectivity index (χ0v) is 16.9. The van der Waals surface area contributed by atoms with Gasteiger partial charge in [-0.2, -0.15) is 4.31 Å². The number of benzene rings is 2. The molecule has 2 aromatic carbocycles. The molecule has 0 fully saturated rings. The average molecular weight is 420 g/mol. The topological polar surface area (TPSA) is 119 Å². The summed E-state index contributed by atoms with van der Waals surface area (Å²) in [6.45, 7) is -0.514. The molecule has 0 bridgehead atoms. The minimum absolute atomic E-state index is 0.00192. The van der Waals surface area contributed by atoms with E-state index in [4.69, 9.17) is 0 Å². The van der Waals surface area contributed by atoms with Gasteiger partial charge in [0.1, 0.15) is 0 Å². The fraction of sp³-hybridized carbons (Fsp3) is 0.211. The molecular weight excluding hydrogens is 400 g/mol. The Kier molecular flexibility index (Phi) is 7.08. The van der Waals surface area contributed by atoms with Gasteiger partial charge in [-0.1, -0.05) is 18.2 Å². The van der Waals surface area contributed by atoms with E-state index in [2.05, 4.69) is 14.8 Å². The van der Waals surface area contributed by atoms with Crippen LogP contribution in [0, 0.1) is 0 Å². The molecule has 0 heterocycles. The zero-order chi connectivity index (χ0) is 21.6. The smallest absolute Gasteiger partial charge is 0.339 e. The molecule has 0 spiro atoms. The van der Waals surface area contributed by atoms with E-state index in [-0.39, 0.29) is 21.7 Å². The highest BCUT2D eigenvalue weighted by atomic mass is 32.2. The van der Waals surface area contributed by atoms with E-state index in [1.54, 1.807) is 18.2 Å². The number of methoxy groups -OCH3 is 2. The summed E-state index contributed by atoms with van der Waals surface area (Å²) in [5.74, 6) is -2.11. The summed E-state index contributed by atoms with van der Waals surface area (Å²) in [4.78, 5) is 36.1. The van der Waals surface area contributed by atoms with Crippen molar-refractivity contribution in [3.05, 3.63) is 59.7 Å². The number of hydrogen-bond donors (Lipinski definition) is 1. The van der Waals surface area contributed by atoms with Crippen LogP contribution in [0.3, 0.4) is 0 Å². The lowest BCUT2D eigenvalue weighted by atomic mass is 10.1. The van der Waals surface area contributed by atoms with Crippen LogP contribution in [-0.4, -0.2) is 58.4 Å². The van der Waals surface area contributed by atoms with Crippen molar-refractivity contribution in [1.82, 2.24) is 4.31 Å². The van der Waals surface area contributed by atoms with Gasteiger partial charge in [0.15, 0.2) is 0 Å². The third-order valence-electron chi connectivity index (χ3n) is 3.94. The lowest BCUT2D eigenvalue weighted by molar-refractivity contribution is -0.116. The number of rotatable bonds is 7. The maximum absolute atomic E-state index is 12.5. The maximum Gasteiger partial charge on any atom is 0.339 e. The molecule has 0 aromatic heterocycles. The molecule has 0 saturated carbocycles. The van der Waals surface area contributed by atoms with Crippen molar-refractivity contribution in [2.24, 2.45) is 0 Å². The molecule has 154 valence electrons. The first-order valence-corrected chi connectivity index (χ1v) is 9.76. The molecule has 0 aliphatic heterocycles. The number of hydrogen-bond acceptors (Lipinski definition) is 7. The van der Waals surface area contributed by atoms with Gasteiger partial charge in [-0.05, 0) is 30.3 Å². The van der Waals surface area contributed by atoms with Crippen molar-refractivity contribution < 1.29 is 32.3 Å². The molecule has 29 heavy (non-hydrogen) atoms. The lowest BCUT2D eigenvalue weighted by Gasteiger charge is -2.17. The summed E-state index contributed by atoms with van der Waals surface area (Å²) >= 11 is 0. The third-order valence-corrected chi connectivity index (χ3v) is 5.76. The second kappa shape index (κ2) is 9.30. The fourth-order valence-electron chi connectivity index (χ4n) is 2.43. The average Bonchev–Trinajstić information content (AvgIpc) is 2.72. The van der Waals surface area contributed by atoms with Gasteiger partial charge < -0.3 is 14.8 Å². The molecule has 1 N–H and O–H groups in total. The Labute approximate surface area is 168 Å². The van der Waals surface area contributed by atoms with Crippen LogP contribution in [0.25, 0.3) is 0 Å². The summed E-state index contributed by atoms with van der Waals surface area (Å²) in [5, 5.41) is 2.45. The van der Waals surface area contributed by atoms with Gasteiger partial charge in [-0.3, -0.25) is 4.79 Å². The molecule has 10 heteroatoms. The second-order valence-corrected chi connectivity index (χ2v) is 7.91. The highest BCUT2D eigenvalue weighted by Gasteiger charge is 2.24. The van der Waals surface area contributed by atoms with Crippen LogP contribution < -0.4 is 5.32 Å². The summed E-state index contributed by atoms with van der Waals surface area (Å²) < 4.78 is 35.2. The number of esters is 2. The molecule has 1 amide bonds. The number of anilines is 1. The maximum atomic E-state index is 12.5. The molecule has 0 aliphatic rings. The number of amides is 1. The predicted molar refractivity (Wildman–Crippen MR) is 104 cm³/mol. The summed E-state index contributed by atoms with van der Waals surface area (Å²) in [6.07, 6.45) is 0. The van der Waals surface area contributed by atoms with Crippen LogP contribution in [0.1, 0.15) is 20.7 Å². The van der Waals surface area contributed by atoms with E-state index in [0.717, 1.165) is 4.31 Å². The Morgan fingerprint density at radius 2 is 1.59 bits per heavy atom. The number of sulfonamides is 1. The highest BCUT2D eigenvalue weighted by molar-refractivity contribution is 7.89. The van der Waals surface area contributed by atoms with Gasteiger partial charge in [0.25, 0.3) is 0 Å². The summed E-state index contributed by atoms with van der Waals surface area (Å²) in [6, 6.07) is 11.6. The van der Waals surface area contributed by atoms with Crippen LogP contribution in [-0.2, 0) is 24.3 Å². The molecule has 2 aromatic rings. The van der Waals surface area contributed by atoms with E-state index in [1.165, 1.54) is 51.6 Å². The van der Waals surface area contributed by atoms with Crippen molar-refractivity contribution in [3.63, 3.8) is 0 Å². The molecule has 0 radical (unpaired) electrons. The van der Waals surface area contributed by atoms with Gasteiger partial charge >= 0.3 is 11.9 Å². The Morgan fingerprint density at radius 1 is 0.966 bits per heavy atom. The standard InChI is InChI=1S/C19H20N2O7S/c1-21(29(25,26)14-7-5-4-6-8-14)12-17(22)20-16-11-13(18(23)27-2)9-10-15(16)19(24)28-3/h4-11H,12H2,1-3H3,(H,20,22). The first kappa shape index (κ1) is 22.1. The van der Waals surface area contributed by atoms with Crippen LogP contribution in [0.2, 0.25) is 0 Å². The van der Waals surface area contributed by atoms with Gasteiger partial charge in [0, 0.05) is 7.05 Å². The van der Waals surface area contributed by atoms with Crippen molar-refractivity contribution in [3.8, 4) is 0 Å². The van der Waals surface area contributed by atoms with E-state index in [9.17, 15) is 22.8 Å². The monoisotopic (exact) mass is 420 g/mol. The number of carbonyl (C=O) groups excluding carboxylic acids is 3. The number of nitrogens with zero attached hydrogens (tertiary/aromatic N) is 1. The molecule has 0 aliphatic carbocycles. The van der Waals surface area contributed by atoms with Crippen LogP contribution >= 0.6 is 0 Å². The summed E-state index contributed by atoms with van der Waals surface area (Å²) in [5.41, 5.74) is 0.0954. The fourth-order valence-corrected chi connectivity index (χ4v) is 3.58. The van der Waals surface area contributed by atoms with Gasteiger partial charge in [0.05, 0.1) is 42.5 Å². The van der Waals surface area contributed by atoms with E-state index in [1.807, 2.05) is 0 Å². The first-order valence-electron chi connectivity index (χ1n) is 8.32. The van der Waals surface area contributed by atoms with Crippen molar-refractivity contribution in [1.29, 1.82) is 0 Å². The Bertz CT molecular complexity index is 1020. The normalized spacial score (nSPS) is 11.0. The zero-order valence-electron chi connectivity index (χ0n) is 16.0. The van der Waals surface area contributed by atoms with Gasteiger partial charge in [-0.15, -0.1) is 0 Å². The third kappa shape index (κ3) is 5.18. The minimum Gasteiger partial charge on any atom is -0.465 e. The predicted octanol–water partition coefficient (Wildman–Crippen LogP) is 1.52. The van der Waals surface area contributed by atoms with E-state index in [0.29, 0.717) is 0 Å². The first-order chi connectivity index (χ1) is 13.7. The Hall–Kier alpha value is -3.24. The van der Waals surface area contributed by atoms with Crippen LogP contribution in [0.15, 0.2) is 53.4 Å². The molecule has 2 rings (SSSR count). The Balaban J connectivity index is 2.25. The summed E-state index contributed by atoms with van der Waals surface area (Å²) in [7, 11) is -0.257. The molecular formula is C19H20N2O7S. The minimum atomic E-state index is -3.88. The molecule has 0 saturated heterocycles. The quantitative estimate of drug-likeness (QED) is 0.675. The number of ether oxygens (including phenoxy) is 2. The Morgan fingerprint density at radius 3 is 2.17 bits per heavy atom. The second-order valence-electron chi connectivity index (χ2n) is 5.87. The number of carbonyl (C=O) groups is 3. The number of likely N-dealkylation sites (N-methyl/N-ethyl adjacent to an activating group) is 1. The molecule has 0 atom stereocenters. The molecule has 0 unspecified atom stereocenters. The van der Waals surface area contributed by atoms with Crippen molar-refractivity contribution >= 4 is 33.6 Å². The van der Waals surface area contributed by atoms with Crippen molar-refractivity contribution in [2.45, 2.75) is 4.90 Å². The van der Waals surface area contributed by atoms with Crippen LogP contribution in [0.4, 0.5) is 5.69 Å². The highest BCUT2D eigenvalue weighted by Crippen LogP contribution is 2.20. The SMILES string of the molecule is COC(=O)c1ccc(C(=O)OC)c(NC(=O)CN(C)S(=O)(=O)c2ccccc2)c1. The molecule has 9 nitrogen and oxygen atoms in total. The van der Waals surface area contributed by atoms with E-state index < -0.39 is 34.4 Å². The largest absolute Gasteiger partial charge is 0.465 e. The van der Waals surface area contributed by atoms with Gasteiger partial charge in [-0.25, -0.2) is 18.0 Å². The lowest BCUT2D eigenvalue weighted by Crippen LogP contribution is -2.35. The number of nitrogens with one attached hydrogen (secondary N) is 1. The van der Waals surface area contributed by atoms with Gasteiger partial charge in [0.2, 0.25) is 15.9 Å². The van der Waals surface area contributed by atoms with Crippen molar-refractivity contribution in [2.75, 3.05) is 33.1 Å². The van der Waals surface area contributed by atoms with Crippen LogP contribution in [0.5, 0.6) is 0 Å². The van der Waals surface area contributed by atoms with E-state index >= 15 is 0 Å².